The number of hydrogen-bond acceptors (Lipinski definition) is 3. The fraction of sp³-hybridized carbons (Fsp3) is 0.600. The lowest BCUT2D eigenvalue weighted by molar-refractivity contribution is -0.138. The van der Waals surface area contributed by atoms with Crippen molar-refractivity contribution in [3.05, 3.63) is 35.4 Å². The van der Waals surface area contributed by atoms with Crippen LogP contribution in [0.4, 0.5) is 13.2 Å². The van der Waals surface area contributed by atoms with Gasteiger partial charge in [0, 0.05) is 6.54 Å². The van der Waals surface area contributed by atoms with Crippen molar-refractivity contribution in [2.45, 2.75) is 37.6 Å². The predicted molar refractivity (Wildman–Crippen MR) is 78.0 cm³/mol. The molecular weight excluding hydrogens is 331 g/mol. The van der Waals surface area contributed by atoms with Crippen LogP contribution in [-0.4, -0.2) is 36.2 Å². The van der Waals surface area contributed by atoms with Gasteiger partial charge in [-0.2, -0.15) is 17.5 Å². The molecule has 0 amide bonds. The van der Waals surface area contributed by atoms with Gasteiger partial charge in [-0.05, 0) is 36.8 Å². The van der Waals surface area contributed by atoms with E-state index in [2.05, 4.69) is 0 Å². The number of aliphatic hydroxyl groups excluding tert-OH is 1. The molecule has 0 spiro atoms. The van der Waals surface area contributed by atoms with Gasteiger partial charge >= 0.3 is 6.18 Å². The van der Waals surface area contributed by atoms with Gasteiger partial charge in [-0.15, -0.1) is 0 Å². The Hall–Kier alpha value is -1.12. The zero-order valence-electron chi connectivity index (χ0n) is 12.3. The maximum atomic E-state index is 13.2. The average Bonchev–Trinajstić information content (AvgIpc) is 3.15. The summed E-state index contributed by atoms with van der Waals surface area (Å²) in [5.41, 5.74) is -0.929. The molecular formula is C15H18F3NO3S. The Morgan fingerprint density at radius 2 is 1.87 bits per heavy atom. The van der Waals surface area contributed by atoms with Crippen LogP contribution in [0.25, 0.3) is 0 Å². The number of benzene rings is 1. The molecule has 1 aliphatic carbocycles. The Morgan fingerprint density at radius 1 is 1.22 bits per heavy atom. The standard InChI is InChI=1S/C15H18F3NO3S/c16-15(17,18)13-4-2-1-3-12(13)14-7-11(20)8-19(14)23(21,22)9-10-5-6-10/h1-4,10-11,14,20H,5-9H2/t11-,14-/m0/s1. The fourth-order valence-electron chi connectivity index (χ4n) is 3.10. The Balaban J connectivity index is 1.97. The summed E-state index contributed by atoms with van der Waals surface area (Å²) in [5, 5.41) is 9.85. The van der Waals surface area contributed by atoms with Crippen molar-refractivity contribution in [2.24, 2.45) is 5.92 Å². The van der Waals surface area contributed by atoms with Crippen LogP contribution < -0.4 is 0 Å². The molecule has 1 saturated heterocycles. The first-order valence-corrected chi connectivity index (χ1v) is 9.13. The molecule has 1 saturated carbocycles. The third kappa shape index (κ3) is 3.54. The molecule has 3 rings (SSSR count). The van der Waals surface area contributed by atoms with Crippen molar-refractivity contribution < 1.29 is 26.7 Å². The van der Waals surface area contributed by atoms with Gasteiger partial charge < -0.3 is 5.11 Å². The number of β-amino-alcohol motifs (C(OH)–C–C–N with tert-alkyl or cyclic N) is 1. The second kappa shape index (κ2) is 5.75. The smallest absolute Gasteiger partial charge is 0.392 e. The normalized spacial score (nSPS) is 26.6. The Kier molecular flexibility index (Phi) is 4.18. The monoisotopic (exact) mass is 349 g/mol. The SMILES string of the molecule is O=S(=O)(CC1CC1)N1C[C@@H](O)C[C@H]1c1ccccc1C(F)(F)F. The molecule has 23 heavy (non-hydrogen) atoms. The highest BCUT2D eigenvalue weighted by atomic mass is 32.2. The van der Waals surface area contributed by atoms with E-state index in [4.69, 9.17) is 0 Å². The van der Waals surface area contributed by atoms with Crippen LogP contribution in [0.2, 0.25) is 0 Å². The first kappa shape index (κ1) is 16.7. The third-order valence-electron chi connectivity index (χ3n) is 4.36. The van der Waals surface area contributed by atoms with Gasteiger partial charge in [0.1, 0.15) is 0 Å². The summed E-state index contributed by atoms with van der Waals surface area (Å²) in [6.45, 7) is -0.147. The van der Waals surface area contributed by atoms with Crippen LogP contribution >= 0.6 is 0 Å². The third-order valence-corrected chi connectivity index (χ3v) is 6.37. The highest BCUT2D eigenvalue weighted by Crippen LogP contribution is 2.42. The molecule has 1 aromatic carbocycles. The first-order chi connectivity index (χ1) is 10.7. The van der Waals surface area contributed by atoms with E-state index in [1.165, 1.54) is 18.2 Å². The molecule has 0 aromatic heterocycles. The van der Waals surface area contributed by atoms with Crippen molar-refractivity contribution in [1.29, 1.82) is 0 Å². The largest absolute Gasteiger partial charge is 0.416 e. The Labute approximate surface area is 133 Å². The number of aliphatic hydroxyl groups is 1. The predicted octanol–water partition coefficient (Wildman–Crippen LogP) is 2.55. The minimum absolute atomic E-state index is 0.0169. The van der Waals surface area contributed by atoms with Crippen LogP contribution in [0, 0.1) is 5.92 Å². The molecule has 8 heteroatoms. The second-order valence-corrected chi connectivity index (χ2v) is 8.25. The van der Waals surface area contributed by atoms with Crippen molar-refractivity contribution in [3.63, 3.8) is 0 Å². The molecule has 1 aliphatic heterocycles. The molecule has 1 heterocycles. The highest BCUT2D eigenvalue weighted by Gasteiger charge is 2.45. The van der Waals surface area contributed by atoms with Crippen LogP contribution in [0.3, 0.4) is 0 Å². The van der Waals surface area contributed by atoms with Crippen LogP contribution in [-0.2, 0) is 16.2 Å². The molecule has 2 atom stereocenters. The van der Waals surface area contributed by atoms with E-state index in [1.807, 2.05) is 0 Å². The molecule has 2 fully saturated rings. The van der Waals surface area contributed by atoms with E-state index in [0.717, 1.165) is 23.2 Å². The molecule has 128 valence electrons. The zero-order valence-corrected chi connectivity index (χ0v) is 13.1. The van der Waals surface area contributed by atoms with Gasteiger partial charge in [0.05, 0.1) is 23.5 Å². The second-order valence-electron chi connectivity index (χ2n) is 6.28. The minimum atomic E-state index is -4.56. The summed E-state index contributed by atoms with van der Waals surface area (Å²) in [5.74, 6) is 0.0426. The van der Waals surface area contributed by atoms with Gasteiger partial charge in [0.15, 0.2) is 0 Å². The lowest BCUT2D eigenvalue weighted by Gasteiger charge is -2.26. The van der Waals surface area contributed by atoms with E-state index in [0.29, 0.717) is 0 Å². The van der Waals surface area contributed by atoms with E-state index < -0.39 is 33.9 Å². The lowest BCUT2D eigenvalue weighted by atomic mass is 9.98. The molecule has 1 aromatic rings. The maximum absolute atomic E-state index is 13.2. The number of rotatable bonds is 4. The van der Waals surface area contributed by atoms with Gasteiger partial charge in [0.25, 0.3) is 0 Å². The van der Waals surface area contributed by atoms with E-state index in [9.17, 15) is 26.7 Å². The Bertz CT molecular complexity index is 685. The summed E-state index contributed by atoms with van der Waals surface area (Å²) in [6, 6.07) is 4.02. The maximum Gasteiger partial charge on any atom is 0.416 e. The number of alkyl halides is 3. The summed E-state index contributed by atoms with van der Waals surface area (Å²) < 4.78 is 65.7. The van der Waals surface area contributed by atoms with E-state index in [1.54, 1.807) is 0 Å². The molecule has 0 unspecified atom stereocenters. The topological polar surface area (TPSA) is 57.6 Å². The van der Waals surface area contributed by atoms with Crippen molar-refractivity contribution >= 4 is 10.0 Å². The minimum Gasteiger partial charge on any atom is -0.392 e. The molecule has 0 bridgehead atoms. The highest BCUT2D eigenvalue weighted by molar-refractivity contribution is 7.89. The van der Waals surface area contributed by atoms with Crippen molar-refractivity contribution in [2.75, 3.05) is 12.3 Å². The Morgan fingerprint density at radius 3 is 2.48 bits per heavy atom. The van der Waals surface area contributed by atoms with Gasteiger partial charge in [0.2, 0.25) is 10.0 Å². The molecule has 1 N–H and O–H groups in total. The summed E-state index contributed by atoms with van der Waals surface area (Å²) in [6.07, 6.45) is -3.86. The first-order valence-electron chi connectivity index (χ1n) is 7.52. The quantitative estimate of drug-likeness (QED) is 0.909. The van der Waals surface area contributed by atoms with Crippen LogP contribution in [0.15, 0.2) is 24.3 Å². The summed E-state index contributed by atoms with van der Waals surface area (Å²) >= 11 is 0. The molecule has 4 nitrogen and oxygen atoms in total. The fourth-order valence-corrected chi connectivity index (χ4v) is 5.21. The van der Waals surface area contributed by atoms with Crippen molar-refractivity contribution in [1.82, 2.24) is 4.31 Å². The zero-order chi connectivity index (χ0) is 16.8. The number of sulfonamides is 1. The molecule has 2 aliphatic rings. The summed E-state index contributed by atoms with van der Waals surface area (Å²) in [7, 11) is -3.68. The van der Waals surface area contributed by atoms with Gasteiger partial charge in [-0.25, -0.2) is 8.42 Å². The van der Waals surface area contributed by atoms with Crippen LogP contribution in [0.1, 0.15) is 36.4 Å². The van der Waals surface area contributed by atoms with E-state index >= 15 is 0 Å². The van der Waals surface area contributed by atoms with Crippen molar-refractivity contribution in [3.8, 4) is 0 Å². The van der Waals surface area contributed by atoms with Crippen LogP contribution in [0.5, 0.6) is 0 Å². The number of nitrogens with zero attached hydrogens (tertiary/aromatic N) is 1. The number of hydrogen-bond donors (Lipinski definition) is 1. The average molecular weight is 349 g/mol. The summed E-state index contributed by atoms with van der Waals surface area (Å²) in [4.78, 5) is 0. The van der Waals surface area contributed by atoms with E-state index in [-0.39, 0.29) is 30.2 Å². The lowest BCUT2D eigenvalue weighted by Crippen LogP contribution is -2.35. The van der Waals surface area contributed by atoms with Gasteiger partial charge in [-0.1, -0.05) is 18.2 Å². The number of halogens is 3. The molecule has 0 radical (unpaired) electrons. The van der Waals surface area contributed by atoms with Gasteiger partial charge in [-0.3, -0.25) is 0 Å².